The van der Waals surface area contributed by atoms with Crippen LogP contribution in [-0.2, 0) is 6.42 Å². The van der Waals surface area contributed by atoms with Gasteiger partial charge in [-0.15, -0.1) is 0 Å². The molecule has 0 unspecified atom stereocenters. The Bertz CT molecular complexity index is 638. The number of aryl methyl sites for hydroxylation is 3. The maximum atomic E-state index is 4.19. The lowest BCUT2D eigenvalue weighted by Gasteiger charge is -2.02. The number of allylic oxidation sites excluding steroid dienone is 5. The molecule has 28 heavy (non-hydrogen) atoms. The average Bonchev–Trinajstić information content (AvgIpc) is 2.66. The Balaban J connectivity index is 0. The smallest absolute Gasteiger partial charge is 0.0599 e. The first-order valence-electron chi connectivity index (χ1n) is 10.6. The van der Waals surface area contributed by atoms with Gasteiger partial charge in [0.25, 0.3) is 0 Å². The zero-order valence-electron chi connectivity index (χ0n) is 20.3. The summed E-state index contributed by atoms with van der Waals surface area (Å²) in [5.74, 6) is 0.884. The highest BCUT2D eigenvalue weighted by molar-refractivity contribution is 6.08. The van der Waals surface area contributed by atoms with Crippen molar-refractivity contribution < 1.29 is 0 Å². The highest BCUT2D eigenvalue weighted by Crippen LogP contribution is 2.10. The molecule has 0 aliphatic carbocycles. The van der Waals surface area contributed by atoms with Crippen LogP contribution in [0.25, 0.3) is 0 Å². The summed E-state index contributed by atoms with van der Waals surface area (Å²) < 4.78 is 0. The van der Waals surface area contributed by atoms with E-state index in [2.05, 4.69) is 97.3 Å². The molecule has 1 rings (SSSR count). The highest BCUT2D eigenvalue weighted by atomic mass is 14.7. The number of hydrogen-bond donors (Lipinski definition) is 0. The second kappa shape index (κ2) is 17.2. The zero-order valence-corrected chi connectivity index (χ0v) is 20.3. The van der Waals surface area contributed by atoms with E-state index in [4.69, 9.17) is 0 Å². The van der Waals surface area contributed by atoms with E-state index in [1.165, 1.54) is 28.7 Å². The second-order valence-corrected chi connectivity index (χ2v) is 7.79. The third-order valence-corrected chi connectivity index (χ3v) is 4.33. The molecule has 158 valence electrons. The van der Waals surface area contributed by atoms with E-state index < -0.39 is 0 Å². The van der Waals surface area contributed by atoms with Crippen LogP contribution in [0.3, 0.4) is 0 Å². The fourth-order valence-corrected chi connectivity index (χ4v) is 2.14. The average molecular weight is 384 g/mol. The molecule has 0 radical (unpaired) electrons. The lowest BCUT2D eigenvalue weighted by atomic mass is 10.0. The summed E-state index contributed by atoms with van der Waals surface area (Å²) in [7, 11) is 1.80. The van der Waals surface area contributed by atoms with Crippen molar-refractivity contribution in [3.8, 4) is 0 Å². The Kier molecular flexibility index (Phi) is 17.4. The van der Waals surface area contributed by atoms with Gasteiger partial charge in [0.15, 0.2) is 0 Å². The fourth-order valence-electron chi connectivity index (χ4n) is 2.14. The van der Waals surface area contributed by atoms with Gasteiger partial charge in [-0.05, 0) is 76.2 Å². The minimum Gasteiger partial charge on any atom is -0.288 e. The van der Waals surface area contributed by atoms with Crippen LogP contribution in [0.15, 0.2) is 59.1 Å². The third-order valence-electron chi connectivity index (χ3n) is 4.33. The number of benzene rings is 1. The van der Waals surface area contributed by atoms with E-state index in [1.54, 1.807) is 7.05 Å². The molecule has 0 aliphatic rings. The minimum absolute atomic E-state index is 0.882. The number of hydrogen-bond acceptors (Lipinski definition) is 1. The molecule has 1 aromatic carbocycles. The van der Waals surface area contributed by atoms with E-state index in [-0.39, 0.29) is 0 Å². The molecule has 0 fully saturated rings. The van der Waals surface area contributed by atoms with Crippen LogP contribution in [0.1, 0.15) is 78.0 Å². The van der Waals surface area contributed by atoms with Crippen molar-refractivity contribution in [2.24, 2.45) is 10.9 Å². The Morgan fingerprint density at radius 2 is 1.71 bits per heavy atom. The van der Waals surface area contributed by atoms with E-state index in [0.29, 0.717) is 0 Å². The van der Waals surface area contributed by atoms with E-state index in [0.717, 1.165) is 30.0 Å². The molecule has 0 N–H and O–H groups in total. The first-order chi connectivity index (χ1) is 13.1. The van der Waals surface area contributed by atoms with E-state index in [9.17, 15) is 0 Å². The van der Waals surface area contributed by atoms with Gasteiger partial charge in [-0.1, -0.05) is 82.2 Å². The fraction of sp³-hybridized carbons (Fsp3) is 0.519. The lowest BCUT2D eigenvalue weighted by Crippen LogP contribution is -1.97. The Hall–Kier alpha value is -1.89. The van der Waals surface area contributed by atoms with Crippen LogP contribution < -0.4 is 0 Å². The van der Waals surface area contributed by atoms with Crippen LogP contribution in [0.2, 0.25) is 0 Å². The zero-order chi connectivity index (χ0) is 22.1. The quantitative estimate of drug-likeness (QED) is 0.345. The first kappa shape index (κ1) is 28.3. The van der Waals surface area contributed by atoms with Gasteiger partial charge >= 0.3 is 0 Å². The third kappa shape index (κ3) is 15.2. The van der Waals surface area contributed by atoms with Gasteiger partial charge < -0.3 is 0 Å². The lowest BCUT2D eigenvalue weighted by molar-refractivity contribution is 0.626. The van der Waals surface area contributed by atoms with Crippen molar-refractivity contribution in [1.82, 2.24) is 0 Å². The molecule has 0 atom stereocenters. The van der Waals surface area contributed by atoms with Crippen molar-refractivity contribution in [3.63, 3.8) is 0 Å². The molecule has 0 heterocycles. The second-order valence-electron chi connectivity index (χ2n) is 7.79. The van der Waals surface area contributed by atoms with Crippen LogP contribution in [0, 0.1) is 19.8 Å². The molecular weight excluding hydrogens is 338 g/mol. The Morgan fingerprint density at radius 3 is 2.07 bits per heavy atom. The largest absolute Gasteiger partial charge is 0.288 e. The summed E-state index contributed by atoms with van der Waals surface area (Å²) in [6.07, 6.45) is 9.51. The molecular formula is C27H45N. The molecule has 1 aromatic rings. The van der Waals surface area contributed by atoms with Gasteiger partial charge in [-0.2, -0.15) is 0 Å². The summed E-state index contributed by atoms with van der Waals surface area (Å²) in [6.45, 7) is 23.3. The predicted octanol–water partition coefficient (Wildman–Crippen LogP) is 8.46. The standard InChI is InChI=1S/C12H19N.C10H14.C5H12/c1-6-7-8-11(4)12(13-5)9-10(2)3;1-4-10-7-8(2)5-6-9(10)3;1-4-5(2)3/h6-7,9H,4,8H2,1-3,5H3;5-7H,4H2,1-3H3;5H,4H2,1-3H3/b7-6-,13-12?;;. The van der Waals surface area contributed by atoms with E-state index >= 15 is 0 Å². The SMILES string of the molecule is C=C(C/C=C\C)C(C=C(C)C)=NC.CCC(C)C.CCc1cc(C)ccc1C. The maximum absolute atomic E-state index is 4.19. The molecule has 1 nitrogen and oxygen atoms in total. The summed E-state index contributed by atoms with van der Waals surface area (Å²) >= 11 is 0. The maximum Gasteiger partial charge on any atom is 0.0599 e. The van der Waals surface area contributed by atoms with Crippen LogP contribution >= 0.6 is 0 Å². The van der Waals surface area contributed by atoms with Gasteiger partial charge in [0.1, 0.15) is 0 Å². The predicted molar refractivity (Wildman–Crippen MR) is 132 cm³/mol. The summed E-state index contributed by atoms with van der Waals surface area (Å²) in [5, 5.41) is 0. The molecule has 0 aromatic heterocycles. The van der Waals surface area contributed by atoms with E-state index in [1.807, 2.05) is 13.0 Å². The van der Waals surface area contributed by atoms with Crippen LogP contribution in [0.5, 0.6) is 0 Å². The molecule has 0 aliphatic heterocycles. The topological polar surface area (TPSA) is 12.4 Å². The Labute approximate surface area is 176 Å². The van der Waals surface area contributed by atoms with Gasteiger partial charge in [-0.25, -0.2) is 0 Å². The van der Waals surface area contributed by atoms with Crippen molar-refractivity contribution in [2.75, 3.05) is 7.05 Å². The first-order valence-corrected chi connectivity index (χ1v) is 10.6. The summed E-state index contributed by atoms with van der Waals surface area (Å²) in [5.41, 5.74) is 7.57. The summed E-state index contributed by atoms with van der Waals surface area (Å²) in [6, 6.07) is 6.61. The van der Waals surface area contributed by atoms with Gasteiger partial charge in [0.05, 0.1) is 5.71 Å². The molecule has 0 bridgehead atoms. The van der Waals surface area contributed by atoms with Crippen molar-refractivity contribution in [3.05, 3.63) is 70.8 Å². The Morgan fingerprint density at radius 1 is 1.14 bits per heavy atom. The minimum atomic E-state index is 0.882. The highest BCUT2D eigenvalue weighted by Gasteiger charge is 1.98. The van der Waals surface area contributed by atoms with Crippen molar-refractivity contribution in [2.45, 2.75) is 81.6 Å². The normalized spacial score (nSPS) is 10.8. The number of aliphatic imine (C=N–C) groups is 1. The van der Waals surface area contributed by atoms with Crippen molar-refractivity contribution >= 4 is 5.71 Å². The summed E-state index contributed by atoms with van der Waals surface area (Å²) in [4.78, 5) is 4.19. The molecule has 1 heteroatoms. The number of nitrogens with zero attached hydrogens (tertiary/aromatic N) is 1. The molecule has 0 saturated heterocycles. The van der Waals surface area contributed by atoms with Crippen molar-refractivity contribution in [1.29, 1.82) is 0 Å². The number of rotatable bonds is 6. The molecule has 0 amide bonds. The molecule has 0 spiro atoms. The monoisotopic (exact) mass is 383 g/mol. The molecule has 0 saturated carbocycles. The van der Waals surface area contributed by atoms with Gasteiger partial charge in [0, 0.05) is 7.05 Å². The van der Waals surface area contributed by atoms with Gasteiger partial charge in [0.2, 0.25) is 0 Å². The van der Waals surface area contributed by atoms with Crippen LogP contribution in [0.4, 0.5) is 0 Å². The van der Waals surface area contributed by atoms with Gasteiger partial charge in [-0.3, -0.25) is 4.99 Å². The van der Waals surface area contributed by atoms with Crippen LogP contribution in [-0.4, -0.2) is 12.8 Å².